The summed E-state index contributed by atoms with van der Waals surface area (Å²) in [4.78, 5) is 4.47. The molecule has 0 aliphatic carbocycles. The molecular formula is C15H12ClN3OS. The van der Waals surface area contributed by atoms with Crippen molar-refractivity contribution in [1.82, 2.24) is 4.98 Å². The molecule has 0 spiro atoms. The van der Waals surface area contributed by atoms with Crippen LogP contribution in [0.5, 0.6) is 0 Å². The maximum atomic E-state index is 5.87. The van der Waals surface area contributed by atoms with E-state index in [4.69, 9.17) is 16.0 Å². The van der Waals surface area contributed by atoms with Gasteiger partial charge < -0.3 is 4.42 Å². The molecule has 4 nitrogen and oxygen atoms in total. The Morgan fingerprint density at radius 1 is 1.24 bits per heavy atom. The zero-order chi connectivity index (χ0) is 14.7. The van der Waals surface area contributed by atoms with E-state index in [1.54, 1.807) is 6.21 Å². The number of benzene rings is 1. The third-order valence-electron chi connectivity index (χ3n) is 2.76. The second-order valence-corrected chi connectivity index (χ2v) is 5.66. The lowest BCUT2D eigenvalue weighted by atomic mass is 10.2. The number of halogens is 1. The van der Waals surface area contributed by atoms with Crippen LogP contribution >= 0.6 is 22.9 Å². The van der Waals surface area contributed by atoms with Crippen molar-refractivity contribution in [3.63, 3.8) is 0 Å². The van der Waals surface area contributed by atoms with Crippen LogP contribution in [0.4, 0.5) is 5.13 Å². The summed E-state index contributed by atoms with van der Waals surface area (Å²) in [6.07, 6.45) is 1.62. The lowest BCUT2D eigenvalue weighted by molar-refractivity contribution is 0.528. The molecule has 0 saturated heterocycles. The van der Waals surface area contributed by atoms with Gasteiger partial charge in [-0.05, 0) is 31.2 Å². The molecule has 21 heavy (non-hydrogen) atoms. The maximum absolute atomic E-state index is 5.87. The van der Waals surface area contributed by atoms with E-state index in [1.807, 2.05) is 48.7 Å². The summed E-state index contributed by atoms with van der Waals surface area (Å²) in [7, 11) is 0. The highest BCUT2D eigenvalue weighted by Gasteiger charge is 2.03. The lowest BCUT2D eigenvalue weighted by Gasteiger charge is -1.96. The highest BCUT2D eigenvalue weighted by molar-refractivity contribution is 7.14. The highest BCUT2D eigenvalue weighted by Crippen LogP contribution is 2.25. The molecular weight excluding hydrogens is 306 g/mol. The van der Waals surface area contributed by atoms with Crippen molar-refractivity contribution < 1.29 is 4.42 Å². The minimum atomic E-state index is 0.703. The number of furan rings is 1. The molecule has 0 aliphatic heterocycles. The molecule has 1 N–H and O–H groups in total. The first-order valence-corrected chi connectivity index (χ1v) is 7.53. The molecule has 0 atom stereocenters. The Morgan fingerprint density at radius 3 is 2.76 bits per heavy atom. The molecule has 0 bridgehead atoms. The molecule has 3 rings (SSSR count). The summed E-state index contributed by atoms with van der Waals surface area (Å²) < 4.78 is 5.39. The molecule has 0 aliphatic rings. The number of hydrazone groups is 1. The minimum Gasteiger partial charge on any atom is -0.460 e. The van der Waals surface area contributed by atoms with Gasteiger partial charge in [0.2, 0.25) is 5.13 Å². The summed E-state index contributed by atoms with van der Waals surface area (Å²) >= 11 is 7.36. The average molecular weight is 318 g/mol. The topological polar surface area (TPSA) is 50.4 Å². The fourth-order valence-corrected chi connectivity index (χ4v) is 2.55. The van der Waals surface area contributed by atoms with E-state index in [0.29, 0.717) is 10.8 Å². The second-order valence-electron chi connectivity index (χ2n) is 4.36. The SMILES string of the molecule is Cc1ccc(/C=N\Nc2nc(-c3ccc(Cl)cc3)cs2)o1. The number of aryl methyl sites for hydroxylation is 1. The van der Waals surface area contributed by atoms with Gasteiger partial charge in [0.15, 0.2) is 0 Å². The zero-order valence-corrected chi connectivity index (χ0v) is 12.8. The predicted molar refractivity (Wildman–Crippen MR) is 87.2 cm³/mol. The van der Waals surface area contributed by atoms with Crippen LogP contribution in [0.15, 0.2) is 51.3 Å². The van der Waals surface area contributed by atoms with Crippen molar-refractivity contribution in [3.8, 4) is 11.3 Å². The monoisotopic (exact) mass is 317 g/mol. The Labute approximate surface area is 131 Å². The van der Waals surface area contributed by atoms with Crippen LogP contribution in [0.2, 0.25) is 5.02 Å². The molecule has 106 valence electrons. The molecule has 0 unspecified atom stereocenters. The molecule has 6 heteroatoms. The van der Waals surface area contributed by atoms with Crippen LogP contribution in [0, 0.1) is 6.92 Å². The van der Waals surface area contributed by atoms with Gasteiger partial charge in [-0.15, -0.1) is 11.3 Å². The lowest BCUT2D eigenvalue weighted by Crippen LogP contribution is -1.89. The molecule has 2 aromatic heterocycles. The van der Waals surface area contributed by atoms with Gasteiger partial charge in [-0.2, -0.15) is 5.10 Å². The van der Waals surface area contributed by atoms with Gasteiger partial charge in [-0.3, -0.25) is 5.43 Å². The molecule has 1 aromatic carbocycles. The summed E-state index contributed by atoms with van der Waals surface area (Å²) in [5, 5.41) is 7.51. The quantitative estimate of drug-likeness (QED) is 0.555. The first-order chi connectivity index (χ1) is 10.2. The molecule has 0 radical (unpaired) electrons. The average Bonchev–Trinajstić information content (AvgIpc) is 3.09. The van der Waals surface area contributed by atoms with Crippen LogP contribution in [0.1, 0.15) is 11.5 Å². The molecule has 0 saturated carbocycles. The Kier molecular flexibility index (Phi) is 4.03. The fraction of sp³-hybridized carbons (Fsp3) is 0.0667. The van der Waals surface area contributed by atoms with E-state index in [2.05, 4.69) is 15.5 Å². The fourth-order valence-electron chi connectivity index (χ4n) is 1.75. The predicted octanol–water partition coefficient (Wildman–Crippen LogP) is 4.81. The Morgan fingerprint density at radius 2 is 2.05 bits per heavy atom. The van der Waals surface area contributed by atoms with E-state index in [9.17, 15) is 0 Å². The van der Waals surface area contributed by atoms with Crippen LogP contribution in [-0.2, 0) is 0 Å². The highest BCUT2D eigenvalue weighted by atomic mass is 35.5. The first kappa shape index (κ1) is 13.9. The normalized spacial score (nSPS) is 11.1. The van der Waals surface area contributed by atoms with Crippen LogP contribution in [-0.4, -0.2) is 11.2 Å². The molecule has 3 aromatic rings. The van der Waals surface area contributed by atoms with Crippen molar-refractivity contribution in [2.45, 2.75) is 6.92 Å². The van der Waals surface area contributed by atoms with Crippen molar-refractivity contribution in [3.05, 3.63) is 58.3 Å². The summed E-state index contributed by atoms with van der Waals surface area (Å²) in [6.45, 7) is 1.89. The summed E-state index contributed by atoms with van der Waals surface area (Å²) in [5.41, 5.74) is 4.81. The second kappa shape index (κ2) is 6.11. The van der Waals surface area contributed by atoms with Gasteiger partial charge in [0.25, 0.3) is 0 Å². The maximum Gasteiger partial charge on any atom is 0.203 e. The van der Waals surface area contributed by atoms with Gasteiger partial charge in [-0.1, -0.05) is 23.7 Å². The van der Waals surface area contributed by atoms with Crippen molar-refractivity contribution >= 4 is 34.3 Å². The van der Waals surface area contributed by atoms with E-state index < -0.39 is 0 Å². The number of nitrogens with one attached hydrogen (secondary N) is 1. The van der Waals surface area contributed by atoms with Gasteiger partial charge in [-0.25, -0.2) is 4.98 Å². The van der Waals surface area contributed by atoms with Crippen LogP contribution < -0.4 is 5.43 Å². The van der Waals surface area contributed by atoms with E-state index in [1.165, 1.54) is 11.3 Å². The van der Waals surface area contributed by atoms with Gasteiger partial charge in [0.05, 0.1) is 11.9 Å². The number of aromatic nitrogens is 1. The van der Waals surface area contributed by atoms with Crippen molar-refractivity contribution in [2.24, 2.45) is 5.10 Å². The van der Waals surface area contributed by atoms with Gasteiger partial charge in [0, 0.05) is 16.0 Å². The van der Waals surface area contributed by atoms with E-state index in [0.717, 1.165) is 22.1 Å². The van der Waals surface area contributed by atoms with E-state index in [-0.39, 0.29) is 0 Å². The number of hydrogen-bond acceptors (Lipinski definition) is 5. The summed E-state index contributed by atoms with van der Waals surface area (Å²) in [6, 6.07) is 11.3. The minimum absolute atomic E-state index is 0.703. The third-order valence-corrected chi connectivity index (χ3v) is 3.76. The number of rotatable bonds is 4. The largest absolute Gasteiger partial charge is 0.460 e. The number of thiazole rings is 1. The smallest absolute Gasteiger partial charge is 0.203 e. The van der Waals surface area contributed by atoms with E-state index >= 15 is 0 Å². The Bertz CT molecular complexity index is 761. The van der Waals surface area contributed by atoms with Crippen LogP contribution in [0.3, 0.4) is 0 Å². The van der Waals surface area contributed by atoms with Crippen molar-refractivity contribution in [1.29, 1.82) is 0 Å². The van der Waals surface area contributed by atoms with Gasteiger partial charge >= 0.3 is 0 Å². The standard InChI is InChI=1S/C15H12ClN3OS/c1-10-2-7-13(20-10)8-17-19-15-18-14(9-21-15)11-3-5-12(16)6-4-11/h2-9H,1H3,(H,18,19)/b17-8-. The Hall–Kier alpha value is -2.11. The first-order valence-electron chi connectivity index (χ1n) is 6.28. The number of hydrogen-bond donors (Lipinski definition) is 1. The number of nitrogens with zero attached hydrogens (tertiary/aromatic N) is 2. The Balaban J connectivity index is 1.67. The molecule has 2 heterocycles. The van der Waals surface area contributed by atoms with Gasteiger partial charge in [0.1, 0.15) is 11.5 Å². The van der Waals surface area contributed by atoms with Crippen molar-refractivity contribution in [2.75, 3.05) is 5.43 Å². The summed E-state index contributed by atoms with van der Waals surface area (Å²) in [5.74, 6) is 1.56. The molecule has 0 fully saturated rings. The number of anilines is 1. The third kappa shape index (κ3) is 3.51. The van der Waals surface area contributed by atoms with Crippen LogP contribution in [0.25, 0.3) is 11.3 Å². The molecule has 0 amide bonds. The zero-order valence-electron chi connectivity index (χ0n) is 11.2.